The summed E-state index contributed by atoms with van der Waals surface area (Å²) >= 11 is 1.96. The van der Waals surface area contributed by atoms with E-state index in [0.717, 1.165) is 18.6 Å². The molecule has 2 aliphatic rings. The molecule has 3 heteroatoms. The van der Waals surface area contributed by atoms with Crippen molar-refractivity contribution in [2.24, 2.45) is 0 Å². The minimum atomic E-state index is 0.131. The number of aliphatic hydroxyl groups excluding tert-OH is 1. The van der Waals surface area contributed by atoms with E-state index in [-0.39, 0.29) is 12.2 Å². The van der Waals surface area contributed by atoms with Gasteiger partial charge >= 0.3 is 0 Å². The number of hydrogen-bond donors (Lipinski definition) is 1. The third-order valence-corrected chi connectivity index (χ3v) is 5.61. The lowest BCUT2D eigenvalue weighted by Gasteiger charge is -2.38. The molecule has 19 heavy (non-hydrogen) atoms. The van der Waals surface area contributed by atoms with Gasteiger partial charge in [-0.2, -0.15) is 0 Å². The second-order valence-electron chi connectivity index (χ2n) is 5.78. The van der Waals surface area contributed by atoms with Crippen molar-refractivity contribution in [1.82, 2.24) is 0 Å². The third-order valence-electron chi connectivity index (χ3n) is 4.35. The Hall–Kier alpha value is -0.510. The largest absolute Gasteiger partial charge is 0.392 e. The van der Waals surface area contributed by atoms with Crippen LogP contribution in [0.15, 0.2) is 29.2 Å². The van der Waals surface area contributed by atoms with Crippen molar-refractivity contribution >= 4 is 11.8 Å². The highest BCUT2D eigenvalue weighted by atomic mass is 32.2. The first-order valence-corrected chi connectivity index (χ1v) is 8.18. The fourth-order valence-electron chi connectivity index (χ4n) is 3.36. The normalized spacial score (nSPS) is 25.8. The molecule has 0 radical (unpaired) electrons. The molecule has 1 aromatic carbocycles. The molecular formula is C16H22O2S. The molecule has 1 spiro atoms. The van der Waals surface area contributed by atoms with Crippen molar-refractivity contribution in [2.45, 2.75) is 60.9 Å². The number of thioether (sulfide) groups is 1. The number of ether oxygens (including phenoxy) is 1. The Balaban J connectivity index is 1.65. The average Bonchev–Trinajstić information content (AvgIpc) is 2.87. The van der Waals surface area contributed by atoms with Gasteiger partial charge in [-0.05, 0) is 43.4 Å². The van der Waals surface area contributed by atoms with Crippen molar-refractivity contribution in [3.05, 3.63) is 29.8 Å². The topological polar surface area (TPSA) is 29.5 Å². The van der Waals surface area contributed by atoms with E-state index in [9.17, 15) is 5.11 Å². The molecule has 2 fully saturated rings. The van der Waals surface area contributed by atoms with Gasteiger partial charge in [-0.3, -0.25) is 0 Å². The van der Waals surface area contributed by atoms with Crippen LogP contribution in [-0.2, 0) is 11.3 Å². The quantitative estimate of drug-likeness (QED) is 0.913. The summed E-state index contributed by atoms with van der Waals surface area (Å²) in [6, 6.07) is 8.28. The zero-order valence-electron chi connectivity index (χ0n) is 11.3. The predicted octanol–water partition coefficient (Wildman–Crippen LogP) is 3.76. The van der Waals surface area contributed by atoms with Crippen LogP contribution in [0.25, 0.3) is 0 Å². The minimum Gasteiger partial charge on any atom is -0.392 e. The third kappa shape index (κ3) is 3.15. The maximum Gasteiger partial charge on any atom is 0.0693 e. The van der Waals surface area contributed by atoms with Crippen molar-refractivity contribution in [1.29, 1.82) is 0 Å². The van der Waals surface area contributed by atoms with Gasteiger partial charge in [0, 0.05) is 16.8 Å². The Kier molecular flexibility index (Phi) is 4.15. The molecule has 0 aromatic heterocycles. The smallest absolute Gasteiger partial charge is 0.0693 e. The van der Waals surface area contributed by atoms with E-state index in [1.807, 2.05) is 23.9 Å². The summed E-state index contributed by atoms with van der Waals surface area (Å²) in [5, 5.41) is 9.87. The molecule has 1 unspecified atom stereocenters. The monoisotopic (exact) mass is 278 g/mol. The molecule has 1 heterocycles. The molecule has 0 bridgehead atoms. The maximum absolute atomic E-state index is 9.21. The molecule has 0 amide bonds. The van der Waals surface area contributed by atoms with Crippen molar-refractivity contribution in [2.75, 3.05) is 6.61 Å². The second-order valence-corrected chi connectivity index (χ2v) is 7.15. The van der Waals surface area contributed by atoms with Crippen LogP contribution in [0.4, 0.5) is 0 Å². The fraction of sp³-hybridized carbons (Fsp3) is 0.625. The van der Waals surface area contributed by atoms with Crippen LogP contribution in [0, 0.1) is 0 Å². The number of hydrogen-bond acceptors (Lipinski definition) is 3. The summed E-state index contributed by atoms with van der Waals surface area (Å²) in [6.45, 7) is 1.05. The average molecular weight is 278 g/mol. The van der Waals surface area contributed by atoms with Gasteiger partial charge in [-0.15, -0.1) is 11.8 Å². The minimum absolute atomic E-state index is 0.131. The molecule has 1 aliphatic heterocycles. The fourth-order valence-corrected chi connectivity index (χ4v) is 4.72. The predicted molar refractivity (Wildman–Crippen MR) is 78.4 cm³/mol. The molecule has 1 aromatic rings. The van der Waals surface area contributed by atoms with Crippen LogP contribution < -0.4 is 0 Å². The summed E-state index contributed by atoms with van der Waals surface area (Å²) in [7, 11) is 0. The highest BCUT2D eigenvalue weighted by Crippen LogP contribution is 2.44. The SMILES string of the molecule is OCc1cccc(SC2CCOC3(CCCC3)C2)c1. The lowest BCUT2D eigenvalue weighted by atomic mass is 9.92. The highest BCUT2D eigenvalue weighted by Gasteiger charge is 2.40. The van der Waals surface area contributed by atoms with Gasteiger partial charge in [0.25, 0.3) is 0 Å². The van der Waals surface area contributed by atoms with Gasteiger partial charge < -0.3 is 9.84 Å². The summed E-state index contributed by atoms with van der Waals surface area (Å²) in [5.41, 5.74) is 1.21. The number of benzene rings is 1. The van der Waals surface area contributed by atoms with Crippen LogP contribution >= 0.6 is 11.8 Å². The zero-order chi connectivity index (χ0) is 13.1. The van der Waals surface area contributed by atoms with Crippen LogP contribution in [0.1, 0.15) is 44.1 Å². The maximum atomic E-state index is 9.21. The molecule has 1 saturated carbocycles. The van der Waals surface area contributed by atoms with Gasteiger partial charge in [0.15, 0.2) is 0 Å². The molecule has 1 N–H and O–H groups in total. The zero-order valence-corrected chi connectivity index (χ0v) is 12.1. The molecular weight excluding hydrogens is 256 g/mol. The first-order chi connectivity index (χ1) is 9.30. The van der Waals surface area contributed by atoms with Crippen LogP contribution in [0.2, 0.25) is 0 Å². The standard InChI is InChI=1S/C16H22O2S/c17-12-13-4-3-5-14(10-13)19-15-6-9-18-16(11-15)7-1-2-8-16/h3-5,10,15,17H,1-2,6-9,11-12H2. The second kappa shape index (κ2) is 5.86. The molecule has 1 aliphatic carbocycles. The van der Waals surface area contributed by atoms with Crippen molar-refractivity contribution < 1.29 is 9.84 Å². The van der Waals surface area contributed by atoms with Gasteiger partial charge in [0.1, 0.15) is 0 Å². The lowest BCUT2D eigenvalue weighted by molar-refractivity contribution is -0.0704. The van der Waals surface area contributed by atoms with Gasteiger partial charge in [-0.25, -0.2) is 0 Å². The van der Waals surface area contributed by atoms with Crippen LogP contribution in [0.3, 0.4) is 0 Å². The summed E-state index contributed by atoms with van der Waals surface area (Å²) in [5.74, 6) is 0. The number of aliphatic hydroxyl groups is 1. The van der Waals surface area contributed by atoms with Crippen LogP contribution in [0.5, 0.6) is 0 Å². The first-order valence-electron chi connectivity index (χ1n) is 7.30. The Labute approximate surface area is 119 Å². The van der Waals surface area contributed by atoms with Crippen molar-refractivity contribution in [3.63, 3.8) is 0 Å². The number of rotatable bonds is 3. The van der Waals surface area contributed by atoms with E-state index in [1.165, 1.54) is 37.0 Å². The Bertz CT molecular complexity index is 427. The highest BCUT2D eigenvalue weighted by molar-refractivity contribution is 8.00. The van der Waals surface area contributed by atoms with E-state index in [2.05, 4.69) is 12.1 Å². The Morgan fingerprint density at radius 2 is 2.16 bits per heavy atom. The van der Waals surface area contributed by atoms with E-state index >= 15 is 0 Å². The van der Waals surface area contributed by atoms with E-state index in [1.54, 1.807) is 0 Å². The lowest BCUT2D eigenvalue weighted by Crippen LogP contribution is -2.38. The summed E-state index contributed by atoms with van der Waals surface area (Å²) < 4.78 is 6.09. The molecule has 104 valence electrons. The molecule has 1 saturated heterocycles. The molecule has 3 rings (SSSR count). The first kappa shape index (κ1) is 13.5. The summed E-state index contributed by atoms with van der Waals surface area (Å²) in [4.78, 5) is 1.28. The van der Waals surface area contributed by atoms with E-state index in [4.69, 9.17) is 4.74 Å². The van der Waals surface area contributed by atoms with Gasteiger partial charge in [0.2, 0.25) is 0 Å². The van der Waals surface area contributed by atoms with Crippen LogP contribution in [-0.4, -0.2) is 22.6 Å². The van der Waals surface area contributed by atoms with Gasteiger partial charge in [-0.1, -0.05) is 25.0 Å². The Morgan fingerprint density at radius 3 is 2.95 bits per heavy atom. The van der Waals surface area contributed by atoms with Crippen molar-refractivity contribution in [3.8, 4) is 0 Å². The molecule has 2 nitrogen and oxygen atoms in total. The summed E-state index contributed by atoms with van der Waals surface area (Å²) in [6.07, 6.45) is 7.51. The van der Waals surface area contributed by atoms with E-state index < -0.39 is 0 Å². The Morgan fingerprint density at radius 1 is 1.32 bits per heavy atom. The van der Waals surface area contributed by atoms with E-state index in [0.29, 0.717) is 5.25 Å². The molecule has 1 atom stereocenters. The van der Waals surface area contributed by atoms with Gasteiger partial charge in [0.05, 0.1) is 12.2 Å².